The highest BCUT2D eigenvalue weighted by Crippen LogP contribution is 2.33. The number of nitrogens with zero attached hydrogens (tertiary/aromatic N) is 2. The predicted molar refractivity (Wildman–Crippen MR) is 88.4 cm³/mol. The third-order valence-corrected chi connectivity index (χ3v) is 4.61. The first-order valence-corrected chi connectivity index (χ1v) is 9.03. The zero-order chi connectivity index (χ0) is 20.4. The Labute approximate surface area is 152 Å². The maximum atomic E-state index is 13.0. The van der Waals surface area contributed by atoms with Crippen LogP contribution in [0.15, 0.2) is 41.3 Å². The van der Waals surface area contributed by atoms with Crippen LogP contribution in [-0.4, -0.2) is 20.6 Å². The predicted octanol–water partition coefficient (Wildman–Crippen LogP) is 3.10. The molecule has 0 saturated heterocycles. The third kappa shape index (κ3) is 4.43. The lowest BCUT2D eigenvalue weighted by Crippen LogP contribution is -2.17. The normalized spacial score (nSPS) is 11.3. The van der Waals surface area contributed by atoms with E-state index in [9.17, 15) is 26.4 Å². The van der Waals surface area contributed by atoms with Gasteiger partial charge in [-0.05, 0) is 36.4 Å². The van der Waals surface area contributed by atoms with Crippen LogP contribution in [0.1, 0.15) is 27.0 Å². The van der Waals surface area contributed by atoms with Crippen LogP contribution in [0.5, 0.6) is 0 Å². The van der Waals surface area contributed by atoms with Crippen molar-refractivity contribution < 1.29 is 26.4 Å². The minimum atomic E-state index is -4.82. The fraction of sp³-hybridized carbons (Fsp3) is 0.118. The largest absolute Gasteiger partial charge is 0.417 e. The van der Waals surface area contributed by atoms with Gasteiger partial charge in [-0.25, -0.2) is 8.42 Å². The van der Waals surface area contributed by atoms with Crippen LogP contribution >= 0.6 is 0 Å². The Hall–Kier alpha value is -3.37. The summed E-state index contributed by atoms with van der Waals surface area (Å²) in [6, 6.07) is 9.01. The number of nitriles is 2. The minimum Gasteiger partial charge on any atom is -0.322 e. The van der Waals surface area contributed by atoms with Crippen molar-refractivity contribution in [3.63, 3.8) is 0 Å². The average molecular weight is 393 g/mol. The number of carbonyl (C=O) groups excluding carboxylic acids is 1. The van der Waals surface area contributed by atoms with Gasteiger partial charge in [-0.2, -0.15) is 23.7 Å². The van der Waals surface area contributed by atoms with E-state index in [-0.39, 0.29) is 21.7 Å². The maximum Gasteiger partial charge on any atom is 0.417 e. The van der Waals surface area contributed by atoms with Gasteiger partial charge in [-0.15, -0.1) is 0 Å². The summed E-state index contributed by atoms with van der Waals surface area (Å²) >= 11 is 0. The van der Waals surface area contributed by atoms with E-state index in [0.717, 1.165) is 30.5 Å². The van der Waals surface area contributed by atoms with E-state index >= 15 is 0 Å². The second kappa shape index (κ2) is 7.09. The molecule has 1 amide bonds. The van der Waals surface area contributed by atoms with Gasteiger partial charge < -0.3 is 5.32 Å². The summed E-state index contributed by atoms with van der Waals surface area (Å²) in [4.78, 5) is 12.1. The molecule has 0 fully saturated rings. The molecular formula is C17H10F3N3O3S. The lowest BCUT2D eigenvalue weighted by Gasteiger charge is -2.13. The number of hydrogen-bond donors (Lipinski definition) is 1. The van der Waals surface area contributed by atoms with Gasteiger partial charge in [0.25, 0.3) is 5.91 Å². The van der Waals surface area contributed by atoms with Crippen molar-refractivity contribution in [3.8, 4) is 12.1 Å². The highest BCUT2D eigenvalue weighted by atomic mass is 32.2. The highest BCUT2D eigenvalue weighted by molar-refractivity contribution is 7.90. The van der Waals surface area contributed by atoms with E-state index in [1.54, 1.807) is 6.07 Å². The number of carbonyl (C=O) groups is 1. The van der Waals surface area contributed by atoms with Crippen LogP contribution in [0, 0.1) is 22.7 Å². The van der Waals surface area contributed by atoms with Crippen molar-refractivity contribution in [2.45, 2.75) is 11.1 Å². The summed E-state index contributed by atoms with van der Waals surface area (Å²) < 4.78 is 62.7. The Morgan fingerprint density at radius 1 is 1.07 bits per heavy atom. The molecule has 10 heteroatoms. The summed E-state index contributed by atoms with van der Waals surface area (Å²) in [5, 5.41) is 19.9. The first-order valence-electron chi connectivity index (χ1n) is 7.14. The fourth-order valence-corrected chi connectivity index (χ4v) is 3.12. The zero-order valence-corrected chi connectivity index (χ0v) is 14.4. The Balaban J connectivity index is 2.50. The molecule has 0 bridgehead atoms. The monoisotopic (exact) mass is 393 g/mol. The molecule has 2 aromatic carbocycles. The molecule has 6 nitrogen and oxygen atoms in total. The first-order chi connectivity index (χ1) is 12.5. The molecule has 0 radical (unpaired) electrons. The Morgan fingerprint density at radius 2 is 1.74 bits per heavy atom. The second-order valence-corrected chi connectivity index (χ2v) is 7.40. The smallest absolute Gasteiger partial charge is 0.322 e. The molecule has 0 spiro atoms. The summed E-state index contributed by atoms with van der Waals surface area (Å²) in [6.45, 7) is 0. The lowest BCUT2D eigenvalue weighted by molar-refractivity contribution is -0.137. The molecule has 0 saturated carbocycles. The van der Waals surface area contributed by atoms with E-state index in [1.165, 1.54) is 12.1 Å². The summed E-state index contributed by atoms with van der Waals surface area (Å²) in [6.07, 6.45) is -3.96. The molecule has 0 aliphatic carbocycles. The van der Waals surface area contributed by atoms with Gasteiger partial charge in [0.2, 0.25) is 0 Å². The number of amides is 1. The molecule has 138 valence electrons. The number of alkyl halides is 3. The Morgan fingerprint density at radius 3 is 2.26 bits per heavy atom. The molecule has 0 aromatic heterocycles. The number of benzene rings is 2. The van der Waals surface area contributed by atoms with Crippen molar-refractivity contribution in [3.05, 3.63) is 58.7 Å². The van der Waals surface area contributed by atoms with E-state index < -0.39 is 33.0 Å². The molecule has 0 unspecified atom stereocenters. The van der Waals surface area contributed by atoms with E-state index in [4.69, 9.17) is 10.5 Å². The topological polar surface area (TPSA) is 111 Å². The van der Waals surface area contributed by atoms with Gasteiger partial charge in [-0.1, -0.05) is 0 Å². The van der Waals surface area contributed by atoms with Gasteiger partial charge in [-0.3, -0.25) is 4.79 Å². The number of rotatable bonds is 3. The molecule has 1 N–H and O–H groups in total. The van der Waals surface area contributed by atoms with Crippen LogP contribution in [0.2, 0.25) is 0 Å². The molecule has 2 aromatic rings. The molecule has 0 aliphatic rings. The average Bonchev–Trinajstić information content (AvgIpc) is 2.59. The SMILES string of the molecule is CS(=O)(=O)c1ccc(C#N)cc1C(=O)Nc1ccc(C#N)c(C(F)(F)F)c1. The standard InChI is InChI=1S/C17H10F3N3O3S/c1-27(25,26)15-5-2-10(8-21)6-13(15)16(24)23-12-4-3-11(9-22)14(7-12)17(18,19)20/h2-7H,1H3,(H,23,24). The molecule has 0 atom stereocenters. The number of hydrogen-bond acceptors (Lipinski definition) is 5. The van der Waals surface area contributed by atoms with E-state index in [1.807, 2.05) is 0 Å². The van der Waals surface area contributed by atoms with E-state index in [2.05, 4.69) is 5.32 Å². The van der Waals surface area contributed by atoms with Gasteiger partial charge in [0.15, 0.2) is 9.84 Å². The molecule has 27 heavy (non-hydrogen) atoms. The first kappa shape index (κ1) is 19.9. The quantitative estimate of drug-likeness (QED) is 0.861. The van der Waals surface area contributed by atoms with Crippen molar-refractivity contribution >= 4 is 21.4 Å². The molecule has 0 heterocycles. The van der Waals surface area contributed by atoms with Crippen LogP contribution in [0.25, 0.3) is 0 Å². The summed E-state index contributed by atoms with van der Waals surface area (Å²) in [5.41, 5.74) is -2.52. The fourth-order valence-electron chi connectivity index (χ4n) is 2.25. The van der Waals surface area contributed by atoms with Gasteiger partial charge >= 0.3 is 6.18 Å². The number of nitrogens with one attached hydrogen (secondary N) is 1. The Bertz CT molecular complexity index is 1110. The molecule has 2 rings (SSSR count). The van der Waals surface area contributed by atoms with Crippen LogP contribution in [-0.2, 0) is 16.0 Å². The highest BCUT2D eigenvalue weighted by Gasteiger charge is 2.34. The lowest BCUT2D eigenvalue weighted by atomic mass is 10.1. The van der Waals surface area contributed by atoms with Gasteiger partial charge in [0.05, 0.1) is 39.3 Å². The number of halogens is 3. The minimum absolute atomic E-state index is 0.00311. The Kier molecular flexibility index (Phi) is 5.24. The van der Waals surface area contributed by atoms with Gasteiger partial charge in [0, 0.05) is 11.9 Å². The maximum absolute atomic E-state index is 13.0. The van der Waals surface area contributed by atoms with Gasteiger partial charge in [0.1, 0.15) is 0 Å². The van der Waals surface area contributed by atoms with Crippen molar-refractivity contribution in [1.29, 1.82) is 10.5 Å². The van der Waals surface area contributed by atoms with Crippen LogP contribution in [0.3, 0.4) is 0 Å². The second-order valence-electron chi connectivity index (χ2n) is 5.42. The molecular weight excluding hydrogens is 383 g/mol. The third-order valence-electron chi connectivity index (χ3n) is 3.46. The summed E-state index contributed by atoms with van der Waals surface area (Å²) in [7, 11) is -3.83. The van der Waals surface area contributed by atoms with Crippen LogP contribution < -0.4 is 5.32 Å². The van der Waals surface area contributed by atoms with Crippen molar-refractivity contribution in [2.75, 3.05) is 11.6 Å². The summed E-state index contributed by atoms with van der Waals surface area (Å²) in [5.74, 6) is -1.01. The number of sulfone groups is 1. The number of anilines is 1. The van der Waals surface area contributed by atoms with E-state index in [0.29, 0.717) is 6.07 Å². The van der Waals surface area contributed by atoms with Crippen LogP contribution in [0.4, 0.5) is 18.9 Å². The molecule has 0 aliphatic heterocycles. The van der Waals surface area contributed by atoms with Crippen molar-refractivity contribution in [2.24, 2.45) is 0 Å². The zero-order valence-electron chi connectivity index (χ0n) is 13.6. The van der Waals surface area contributed by atoms with Crippen molar-refractivity contribution in [1.82, 2.24) is 0 Å².